The summed E-state index contributed by atoms with van der Waals surface area (Å²) in [6.45, 7) is 5.83. The van der Waals surface area contributed by atoms with Crippen LogP contribution in [-0.4, -0.2) is 40.5 Å². The van der Waals surface area contributed by atoms with Crippen LogP contribution in [0.1, 0.15) is 24.2 Å². The Bertz CT molecular complexity index is 373. The van der Waals surface area contributed by atoms with Gasteiger partial charge in [0.25, 0.3) is 0 Å². The van der Waals surface area contributed by atoms with Crippen molar-refractivity contribution in [2.45, 2.75) is 13.8 Å². The van der Waals surface area contributed by atoms with Crippen molar-refractivity contribution in [2.24, 2.45) is 0 Å². The first-order valence-electron chi connectivity index (χ1n) is 5.36. The second-order valence-corrected chi connectivity index (χ2v) is 3.59. The summed E-state index contributed by atoms with van der Waals surface area (Å²) < 4.78 is 0. The summed E-state index contributed by atoms with van der Waals surface area (Å²) in [7, 11) is 0. The van der Waals surface area contributed by atoms with Crippen LogP contribution >= 0.6 is 0 Å². The lowest BCUT2D eigenvalue weighted by molar-refractivity contribution is 0.0934. The van der Waals surface area contributed by atoms with Gasteiger partial charge >= 0.3 is 0 Å². The number of hydrogen-bond acceptors (Lipinski definition) is 4. The molecule has 0 aliphatic rings. The topological polar surface area (TPSA) is 60.8 Å². The molecule has 0 atom stereocenters. The summed E-state index contributed by atoms with van der Waals surface area (Å²) in [5.41, 5.74) is 0.254. The minimum Gasteiger partial charge on any atom is -0.508 e. The molecule has 1 aromatic rings. The molecule has 0 heterocycles. The van der Waals surface area contributed by atoms with Gasteiger partial charge in [0.15, 0.2) is 5.78 Å². The van der Waals surface area contributed by atoms with Gasteiger partial charge in [-0.15, -0.1) is 0 Å². The molecule has 1 aromatic carbocycles. The molecule has 88 valence electrons. The number of phenols is 2. The summed E-state index contributed by atoms with van der Waals surface area (Å²) in [4.78, 5) is 13.8. The standard InChI is InChI=1S/C12H17NO3/c1-3-13(4-2)8-12(16)10-6-5-9(14)7-11(10)15/h5-7,14-15H,3-4,8H2,1-2H3. The fraction of sp³-hybridized carbons (Fsp3) is 0.417. The van der Waals surface area contributed by atoms with E-state index in [1.165, 1.54) is 18.2 Å². The molecule has 16 heavy (non-hydrogen) atoms. The van der Waals surface area contributed by atoms with Gasteiger partial charge in [0.05, 0.1) is 12.1 Å². The lowest BCUT2D eigenvalue weighted by Crippen LogP contribution is -2.29. The van der Waals surface area contributed by atoms with Crippen molar-refractivity contribution in [1.82, 2.24) is 4.90 Å². The van der Waals surface area contributed by atoms with Gasteiger partial charge in [0.2, 0.25) is 0 Å². The average molecular weight is 223 g/mol. The van der Waals surface area contributed by atoms with Gasteiger partial charge in [0, 0.05) is 6.07 Å². The van der Waals surface area contributed by atoms with Crippen LogP contribution in [0.25, 0.3) is 0 Å². The van der Waals surface area contributed by atoms with Crippen molar-refractivity contribution in [3.8, 4) is 11.5 Å². The molecule has 0 unspecified atom stereocenters. The highest BCUT2D eigenvalue weighted by Crippen LogP contribution is 2.22. The molecule has 0 amide bonds. The molecule has 0 aliphatic heterocycles. The van der Waals surface area contributed by atoms with Gasteiger partial charge < -0.3 is 10.2 Å². The van der Waals surface area contributed by atoms with E-state index in [0.717, 1.165) is 13.1 Å². The van der Waals surface area contributed by atoms with Crippen LogP contribution in [0.2, 0.25) is 0 Å². The van der Waals surface area contributed by atoms with Crippen molar-refractivity contribution in [3.63, 3.8) is 0 Å². The largest absolute Gasteiger partial charge is 0.508 e. The van der Waals surface area contributed by atoms with Gasteiger partial charge in [-0.05, 0) is 25.2 Å². The number of carbonyl (C=O) groups is 1. The van der Waals surface area contributed by atoms with Crippen molar-refractivity contribution in [1.29, 1.82) is 0 Å². The molecule has 0 saturated carbocycles. The summed E-state index contributed by atoms with van der Waals surface area (Å²) in [6, 6.07) is 4.02. The highest BCUT2D eigenvalue weighted by atomic mass is 16.3. The fourth-order valence-electron chi connectivity index (χ4n) is 1.49. The third kappa shape index (κ3) is 2.97. The number of carbonyl (C=O) groups excluding carboxylic acids is 1. The zero-order valence-electron chi connectivity index (χ0n) is 9.60. The predicted molar refractivity (Wildman–Crippen MR) is 61.9 cm³/mol. The Balaban J connectivity index is 2.80. The van der Waals surface area contributed by atoms with E-state index in [2.05, 4.69) is 0 Å². The van der Waals surface area contributed by atoms with Crippen LogP contribution in [0.4, 0.5) is 0 Å². The zero-order chi connectivity index (χ0) is 12.1. The lowest BCUT2D eigenvalue weighted by atomic mass is 10.1. The molecule has 0 saturated heterocycles. The summed E-state index contributed by atoms with van der Waals surface area (Å²) in [5, 5.41) is 18.6. The second-order valence-electron chi connectivity index (χ2n) is 3.59. The quantitative estimate of drug-likeness (QED) is 0.745. The highest BCUT2D eigenvalue weighted by molar-refractivity contribution is 6.00. The van der Waals surface area contributed by atoms with Crippen LogP contribution in [0.15, 0.2) is 18.2 Å². The minimum absolute atomic E-state index is 0.0445. The Morgan fingerprint density at radius 2 is 1.88 bits per heavy atom. The number of aromatic hydroxyl groups is 2. The van der Waals surface area contributed by atoms with Crippen LogP contribution in [0, 0.1) is 0 Å². The van der Waals surface area contributed by atoms with E-state index in [9.17, 15) is 9.90 Å². The van der Waals surface area contributed by atoms with Gasteiger partial charge in [-0.3, -0.25) is 9.69 Å². The Morgan fingerprint density at radius 3 is 2.38 bits per heavy atom. The first-order chi connectivity index (χ1) is 7.58. The first kappa shape index (κ1) is 12.5. The van der Waals surface area contributed by atoms with E-state index in [4.69, 9.17) is 5.11 Å². The Hall–Kier alpha value is -1.55. The summed E-state index contributed by atoms with van der Waals surface area (Å²) in [6.07, 6.45) is 0. The van der Waals surface area contributed by atoms with Gasteiger partial charge in [-0.2, -0.15) is 0 Å². The molecule has 0 bridgehead atoms. The smallest absolute Gasteiger partial charge is 0.180 e. The molecule has 0 aliphatic carbocycles. The lowest BCUT2D eigenvalue weighted by Gasteiger charge is -2.17. The number of likely N-dealkylation sites (N-methyl/N-ethyl adjacent to an activating group) is 1. The third-order valence-electron chi connectivity index (χ3n) is 2.54. The maximum atomic E-state index is 11.8. The molecule has 0 fully saturated rings. The average Bonchev–Trinajstić information content (AvgIpc) is 2.25. The maximum Gasteiger partial charge on any atom is 0.180 e. The molecule has 4 nitrogen and oxygen atoms in total. The molecule has 2 N–H and O–H groups in total. The van der Waals surface area contributed by atoms with E-state index in [1.807, 2.05) is 18.7 Å². The van der Waals surface area contributed by atoms with Crippen LogP contribution in [0.5, 0.6) is 11.5 Å². The number of ketones is 1. The minimum atomic E-state index is -0.169. The van der Waals surface area contributed by atoms with Crippen molar-refractivity contribution in [2.75, 3.05) is 19.6 Å². The van der Waals surface area contributed by atoms with Crippen LogP contribution < -0.4 is 0 Å². The molecule has 0 spiro atoms. The number of phenolic OH excluding ortho intramolecular Hbond substituents is 2. The van der Waals surface area contributed by atoms with Gasteiger partial charge in [0.1, 0.15) is 11.5 Å². The van der Waals surface area contributed by atoms with Crippen LogP contribution in [-0.2, 0) is 0 Å². The Labute approximate surface area is 95.1 Å². The SMILES string of the molecule is CCN(CC)CC(=O)c1ccc(O)cc1O. The van der Waals surface area contributed by atoms with E-state index in [0.29, 0.717) is 0 Å². The van der Waals surface area contributed by atoms with Crippen LogP contribution in [0.3, 0.4) is 0 Å². The van der Waals surface area contributed by atoms with E-state index < -0.39 is 0 Å². The normalized spacial score (nSPS) is 10.7. The van der Waals surface area contributed by atoms with Crippen molar-refractivity contribution in [3.05, 3.63) is 23.8 Å². The molecule has 4 heteroatoms. The number of rotatable bonds is 5. The number of hydrogen-bond donors (Lipinski definition) is 2. The summed E-state index contributed by atoms with van der Waals surface area (Å²) in [5.74, 6) is -0.352. The summed E-state index contributed by atoms with van der Waals surface area (Å²) >= 11 is 0. The fourth-order valence-corrected chi connectivity index (χ4v) is 1.49. The first-order valence-corrected chi connectivity index (χ1v) is 5.36. The third-order valence-corrected chi connectivity index (χ3v) is 2.54. The number of Topliss-reactive ketones (excluding diaryl/α,β-unsaturated/α-hetero) is 1. The predicted octanol–water partition coefficient (Wildman–Crippen LogP) is 1.62. The van der Waals surface area contributed by atoms with Crippen molar-refractivity contribution >= 4 is 5.78 Å². The Morgan fingerprint density at radius 1 is 1.25 bits per heavy atom. The molecular formula is C12H17NO3. The number of nitrogens with zero attached hydrogens (tertiary/aromatic N) is 1. The number of benzene rings is 1. The highest BCUT2D eigenvalue weighted by Gasteiger charge is 2.14. The molecule has 1 rings (SSSR count). The maximum absolute atomic E-state index is 11.8. The monoisotopic (exact) mass is 223 g/mol. The van der Waals surface area contributed by atoms with Gasteiger partial charge in [-0.1, -0.05) is 13.8 Å². The molecule has 0 aromatic heterocycles. The Kier molecular flexibility index (Phi) is 4.31. The zero-order valence-corrected chi connectivity index (χ0v) is 9.60. The van der Waals surface area contributed by atoms with E-state index >= 15 is 0 Å². The molecular weight excluding hydrogens is 206 g/mol. The van der Waals surface area contributed by atoms with E-state index in [1.54, 1.807) is 0 Å². The molecule has 0 radical (unpaired) electrons. The van der Waals surface area contributed by atoms with Crippen molar-refractivity contribution < 1.29 is 15.0 Å². The second kappa shape index (κ2) is 5.51. The van der Waals surface area contributed by atoms with E-state index in [-0.39, 0.29) is 29.4 Å². The van der Waals surface area contributed by atoms with Gasteiger partial charge in [-0.25, -0.2) is 0 Å².